The van der Waals surface area contributed by atoms with E-state index in [-0.39, 0.29) is 11.8 Å². The minimum atomic E-state index is -0.779. The molecule has 0 aromatic heterocycles. The maximum Gasteiger partial charge on any atom is 0.238 e. The van der Waals surface area contributed by atoms with Crippen LogP contribution in [0.5, 0.6) is 0 Å². The first kappa shape index (κ1) is 17.3. The van der Waals surface area contributed by atoms with Gasteiger partial charge in [0.1, 0.15) is 5.41 Å². The Morgan fingerprint density at radius 3 is 2.46 bits per heavy atom. The smallest absolute Gasteiger partial charge is 0.238 e. The minimum absolute atomic E-state index is 0.0460. The summed E-state index contributed by atoms with van der Waals surface area (Å²) in [4.78, 5) is 27.3. The lowest BCUT2D eigenvalue weighted by Crippen LogP contribution is -2.46. The molecular formula is C19H25ClN2O2. The van der Waals surface area contributed by atoms with Gasteiger partial charge in [0.15, 0.2) is 0 Å². The van der Waals surface area contributed by atoms with Crippen molar-refractivity contribution in [2.75, 3.05) is 19.6 Å². The highest BCUT2D eigenvalue weighted by molar-refractivity contribution is 6.30. The molecule has 4 nitrogen and oxygen atoms in total. The molecule has 24 heavy (non-hydrogen) atoms. The highest BCUT2D eigenvalue weighted by Crippen LogP contribution is 2.47. The summed E-state index contributed by atoms with van der Waals surface area (Å²) in [7, 11) is 0. The number of carbonyl (C=O) groups is 2. The van der Waals surface area contributed by atoms with Crippen molar-refractivity contribution in [3.63, 3.8) is 0 Å². The molecular weight excluding hydrogens is 324 g/mol. The molecule has 3 rings (SSSR count). The zero-order valence-electron chi connectivity index (χ0n) is 14.0. The van der Waals surface area contributed by atoms with Crippen molar-refractivity contribution in [2.24, 2.45) is 5.41 Å². The molecule has 1 saturated carbocycles. The number of amides is 2. The van der Waals surface area contributed by atoms with Gasteiger partial charge in [0.25, 0.3) is 0 Å². The first-order valence-corrected chi connectivity index (χ1v) is 9.32. The topological polar surface area (TPSA) is 49.4 Å². The van der Waals surface area contributed by atoms with E-state index in [0.29, 0.717) is 24.4 Å². The summed E-state index contributed by atoms with van der Waals surface area (Å²) in [5.41, 5.74) is 0.310. The molecule has 1 aliphatic carbocycles. The summed E-state index contributed by atoms with van der Waals surface area (Å²) in [6.07, 6.45) is 6.57. The second kappa shape index (κ2) is 7.56. The van der Waals surface area contributed by atoms with Gasteiger partial charge in [-0.15, -0.1) is 0 Å². The summed E-state index contributed by atoms with van der Waals surface area (Å²) < 4.78 is 0. The van der Waals surface area contributed by atoms with E-state index < -0.39 is 5.41 Å². The molecule has 0 unspecified atom stereocenters. The van der Waals surface area contributed by atoms with Crippen molar-refractivity contribution in [3.05, 3.63) is 34.9 Å². The summed E-state index contributed by atoms with van der Waals surface area (Å²) >= 11 is 5.97. The number of rotatable bonds is 5. The van der Waals surface area contributed by atoms with Gasteiger partial charge in [-0.3, -0.25) is 9.59 Å². The molecule has 1 aromatic carbocycles. The number of halogens is 1. The predicted octanol–water partition coefficient (Wildman–Crippen LogP) is 3.18. The lowest BCUT2D eigenvalue weighted by molar-refractivity contribution is -0.144. The first-order chi connectivity index (χ1) is 11.6. The third-order valence-electron chi connectivity index (χ3n) is 5.08. The van der Waals surface area contributed by atoms with Gasteiger partial charge in [-0.1, -0.05) is 36.6 Å². The molecule has 1 aliphatic heterocycles. The van der Waals surface area contributed by atoms with Gasteiger partial charge in [0.05, 0.1) is 0 Å². The van der Waals surface area contributed by atoms with Gasteiger partial charge >= 0.3 is 0 Å². The Kier molecular flexibility index (Phi) is 5.44. The van der Waals surface area contributed by atoms with Crippen molar-refractivity contribution in [3.8, 4) is 0 Å². The van der Waals surface area contributed by atoms with Crippen LogP contribution in [0.3, 0.4) is 0 Å². The van der Waals surface area contributed by atoms with Crippen LogP contribution in [0.1, 0.15) is 44.1 Å². The van der Waals surface area contributed by atoms with E-state index in [1.165, 1.54) is 12.8 Å². The third kappa shape index (κ3) is 3.92. The lowest BCUT2D eigenvalue weighted by Gasteiger charge is -2.25. The van der Waals surface area contributed by atoms with Crippen LogP contribution in [0.25, 0.3) is 0 Å². The number of likely N-dealkylation sites (tertiary alicyclic amines) is 1. The fraction of sp³-hybridized carbons (Fsp3) is 0.579. The van der Waals surface area contributed by atoms with Gasteiger partial charge in [-0.05, 0) is 49.8 Å². The van der Waals surface area contributed by atoms with Crippen LogP contribution in [0.15, 0.2) is 24.3 Å². The molecule has 2 amide bonds. The van der Waals surface area contributed by atoms with E-state index in [0.717, 1.165) is 37.9 Å². The Hall–Kier alpha value is -1.55. The van der Waals surface area contributed by atoms with Crippen molar-refractivity contribution in [1.29, 1.82) is 0 Å². The Balaban J connectivity index is 1.53. The maximum atomic E-state index is 12.8. The van der Waals surface area contributed by atoms with Crippen LogP contribution in [0, 0.1) is 5.41 Å². The summed E-state index contributed by atoms with van der Waals surface area (Å²) in [5, 5.41) is 3.66. The summed E-state index contributed by atoms with van der Waals surface area (Å²) in [6, 6.07) is 7.64. The second-order valence-corrected chi connectivity index (χ2v) is 7.36. The van der Waals surface area contributed by atoms with Crippen molar-refractivity contribution >= 4 is 23.4 Å². The molecule has 1 saturated heterocycles. The van der Waals surface area contributed by atoms with Gasteiger partial charge in [0.2, 0.25) is 11.8 Å². The Morgan fingerprint density at radius 1 is 1.12 bits per heavy atom. The van der Waals surface area contributed by atoms with Crippen LogP contribution in [-0.4, -0.2) is 36.3 Å². The van der Waals surface area contributed by atoms with Crippen molar-refractivity contribution in [1.82, 2.24) is 10.2 Å². The summed E-state index contributed by atoms with van der Waals surface area (Å²) in [5.74, 6) is -0.0524. The standard InChI is InChI=1S/C19H25ClN2O2/c20-16-7-5-6-15(14-16)8-11-21-17(23)19(9-10-19)18(24)22-12-3-1-2-4-13-22/h5-7,14H,1-4,8-13H2,(H,21,23). The Labute approximate surface area is 148 Å². The predicted molar refractivity (Wildman–Crippen MR) is 94.9 cm³/mol. The van der Waals surface area contributed by atoms with Crippen LogP contribution in [0.2, 0.25) is 5.02 Å². The van der Waals surface area contributed by atoms with E-state index in [4.69, 9.17) is 11.6 Å². The van der Waals surface area contributed by atoms with Crippen LogP contribution in [0.4, 0.5) is 0 Å². The van der Waals surface area contributed by atoms with Crippen molar-refractivity contribution in [2.45, 2.75) is 44.9 Å². The fourth-order valence-electron chi connectivity index (χ4n) is 3.42. The number of benzene rings is 1. The monoisotopic (exact) mass is 348 g/mol. The number of nitrogens with one attached hydrogen (secondary N) is 1. The zero-order valence-corrected chi connectivity index (χ0v) is 14.8. The third-order valence-corrected chi connectivity index (χ3v) is 5.31. The molecule has 1 aromatic rings. The molecule has 0 radical (unpaired) electrons. The largest absolute Gasteiger partial charge is 0.355 e. The average molecular weight is 349 g/mol. The van der Waals surface area contributed by atoms with Crippen LogP contribution < -0.4 is 5.32 Å². The average Bonchev–Trinajstić information content (AvgIpc) is 3.39. The molecule has 1 heterocycles. The highest BCUT2D eigenvalue weighted by Gasteiger charge is 2.57. The molecule has 2 aliphatic rings. The van der Waals surface area contributed by atoms with E-state index in [1.807, 2.05) is 29.2 Å². The quantitative estimate of drug-likeness (QED) is 0.831. The van der Waals surface area contributed by atoms with Crippen LogP contribution >= 0.6 is 11.6 Å². The van der Waals surface area contributed by atoms with Gasteiger partial charge in [-0.25, -0.2) is 0 Å². The van der Waals surface area contributed by atoms with Crippen molar-refractivity contribution < 1.29 is 9.59 Å². The zero-order chi connectivity index (χ0) is 17.0. The van der Waals surface area contributed by atoms with Gasteiger partial charge in [0, 0.05) is 24.7 Å². The highest BCUT2D eigenvalue weighted by atomic mass is 35.5. The number of hydrogen-bond acceptors (Lipinski definition) is 2. The van der Waals surface area contributed by atoms with Gasteiger partial charge in [-0.2, -0.15) is 0 Å². The van der Waals surface area contributed by atoms with Gasteiger partial charge < -0.3 is 10.2 Å². The Bertz CT molecular complexity index is 605. The van der Waals surface area contributed by atoms with E-state index in [1.54, 1.807) is 0 Å². The fourth-order valence-corrected chi connectivity index (χ4v) is 3.63. The molecule has 0 bridgehead atoms. The number of hydrogen-bond donors (Lipinski definition) is 1. The molecule has 2 fully saturated rings. The molecule has 0 atom stereocenters. The number of carbonyl (C=O) groups excluding carboxylic acids is 2. The normalized spacial score (nSPS) is 19.5. The second-order valence-electron chi connectivity index (χ2n) is 6.92. The lowest BCUT2D eigenvalue weighted by atomic mass is 10.0. The van der Waals surface area contributed by atoms with Crippen LogP contribution in [-0.2, 0) is 16.0 Å². The molecule has 130 valence electrons. The minimum Gasteiger partial charge on any atom is -0.355 e. The molecule has 5 heteroatoms. The van der Waals surface area contributed by atoms with E-state index >= 15 is 0 Å². The Morgan fingerprint density at radius 2 is 1.83 bits per heavy atom. The molecule has 1 N–H and O–H groups in total. The van der Waals surface area contributed by atoms with E-state index in [2.05, 4.69) is 5.32 Å². The van der Waals surface area contributed by atoms with E-state index in [9.17, 15) is 9.59 Å². The molecule has 0 spiro atoms. The SMILES string of the molecule is O=C(NCCc1cccc(Cl)c1)C1(C(=O)N2CCCCCC2)CC1. The maximum absolute atomic E-state index is 12.8. The number of nitrogens with zero attached hydrogens (tertiary/aromatic N) is 1. The summed E-state index contributed by atoms with van der Waals surface area (Å²) in [6.45, 7) is 2.14. The first-order valence-electron chi connectivity index (χ1n) is 8.94.